The minimum Gasteiger partial charge on any atom is -0.412 e. The molecule has 0 bridgehead atoms. The van der Waals surface area contributed by atoms with Crippen molar-refractivity contribution in [1.29, 1.82) is 0 Å². The fraction of sp³-hybridized carbons (Fsp3) is 0.0625. The van der Waals surface area contributed by atoms with Crippen LogP contribution in [0.1, 0.15) is 16.2 Å². The molecule has 23 heavy (non-hydrogen) atoms. The van der Waals surface area contributed by atoms with Gasteiger partial charge in [0.15, 0.2) is 0 Å². The second-order valence-electron chi connectivity index (χ2n) is 4.67. The van der Waals surface area contributed by atoms with E-state index in [9.17, 15) is 9.18 Å². The van der Waals surface area contributed by atoms with Crippen LogP contribution in [0.2, 0.25) is 5.02 Å². The van der Waals surface area contributed by atoms with Crippen LogP contribution in [0.25, 0.3) is 11.5 Å². The van der Waals surface area contributed by atoms with Crippen LogP contribution in [0.3, 0.4) is 0 Å². The lowest BCUT2D eigenvalue weighted by atomic mass is 10.2. The first kappa shape index (κ1) is 15.2. The Hall–Kier alpha value is -2.73. The molecule has 1 aromatic heterocycles. The summed E-state index contributed by atoms with van der Waals surface area (Å²) in [7, 11) is 0. The summed E-state index contributed by atoms with van der Waals surface area (Å²) in [5, 5.41) is 10.5. The molecule has 1 heterocycles. The number of aromatic nitrogens is 2. The molecular weight excluding hydrogens is 321 g/mol. The predicted molar refractivity (Wildman–Crippen MR) is 82.3 cm³/mol. The summed E-state index contributed by atoms with van der Waals surface area (Å²) in [6, 6.07) is 13.1. The number of hydrogen-bond donors (Lipinski definition) is 1. The quantitative estimate of drug-likeness (QED) is 0.795. The second kappa shape index (κ2) is 6.58. The van der Waals surface area contributed by atoms with E-state index in [2.05, 4.69) is 15.5 Å². The third-order valence-electron chi connectivity index (χ3n) is 3.12. The van der Waals surface area contributed by atoms with Crippen LogP contribution < -0.4 is 5.32 Å². The monoisotopic (exact) mass is 331 g/mol. The van der Waals surface area contributed by atoms with Crippen LogP contribution in [-0.4, -0.2) is 16.1 Å². The zero-order valence-corrected chi connectivity index (χ0v) is 12.5. The first-order valence-electron chi connectivity index (χ1n) is 6.75. The number of halogens is 2. The Morgan fingerprint density at radius 2 is 1.87 bits per heavy atom. The van der Waals surface area contributed by atoms with E-state index in [0.717, 1.165) is 0 Å². The molecule has 3 aromatic rings. The molecule has 0 aliphatic rings. The van der Waals surface area contributed by atoms with Gasteiger partial charge in [0, 0.05) is 12.1 Å². The van der Waals surface area contributed by atoms with Gasteiger partial charge in [-0.2, -0.15) is 0 Å². The van der Waals surface area contributed by atoms with Gasteiger partial charge in [0.2, 0.25) is 5.89 Å². The Morgan fingerprint density at radius 3 is 2.65 bits per heavy atom. The first-order valence-corrected chi connectivity index (χ1v) is 7.13. The van der Waals surface area contributed by atoms with Gasteiger partial charge in [-0.1, -0.05) is 41.9 Å². The topological polar surface area (TPSA) is 68.0 Å². The number of benzene rings is 2. The van der Waals surface area contributed by atoms with E-state index in [4.69, 9.17) is 16.0 Å². The third-order valence-corrected chi connectivity index (χ3v) is 3.45. The number of carbonyl (C=O) groups is 1. The molecule has 0 unspecified atom stereocenters. The smallest absolute Gasteiger partial charge is 0.309 e. The maximum Gasteiger partial charge on any atom is 0.309 e. The summed E-state index contributed by atoms with van der Waals surface area (Å²) in [6.07, 6.45) is 0. The average Bonchev–Trinajstić information content (AvgIpc) is 3.04. The van der Waals surface area contributed by atoms with Crippen molar-refractivity contribution in [3.05, 3.63) is 70.8 Å². The van der Waals surface area contributed by atoms with Gasteiger partial charge in [0.1, 0.15) is 5.82 Å². The Balaban J connectivity index is 1.72. The van der Waals surface area contributed by atoms with Crippen LogP contribution in [0.5, 0.6) is 0 Å². The van der Waals surface area contributed by atoms with Crippen LogP contribution in [-0.2, 0) is 6.54 Å². The molecule has 0 radical (unpaired) electrons. The van der Waals surface area contributed by atoms with Gasteiger partial charge >= 0.3 is 11.8 Å². The van der Waals surface area contributed by atoms with Crippen molar-refractivity contribution in [3.63, 3.8) is 0 Å². The summed E-state index contributed by atoms with van der Waals surface area (Å²) < 4.78 is 18.8. The standard InChI is InChI=1S/C16H11ClFN3O2/c17-12-7-3-2-6-11(12)15-20-21-16(23-15)14(22)19-9-10-5-1-4-8-13(10)18/h1-8H,9H2,(H,19,22). The Kier molecular flexibility index (Phi) is 4.34. The van der Waals surface area contributed by atoms with Gasteiger partial charge in [-0.15, -0.1) is 10.2 Å². The van der Waals surface area contributed by atoms with Crippen molar-refractivity contribution in [2.75, 3.05) is 0 Å². The van der Waals surface area contributed by atoms with Crippen molar-refractivity contribution < 1.29 is 13.6 Å². The van der Waals surface area contributed by atoms with Crippen LogP contribution >= 0.6 is 11.6 Å². The number of hydrogen-bond acceptors (Lipinski definition) is 4. The van der Waals surface area contributed by atoms with E-state index in [1.54, 1.807) is 42.5 Å². The molecule has 1 N–H and O–H groups in total. The van der Waals surface area contributed by atoms with Crippen molar-refractivity contribution >= 4 is 17.5 Å². The van der Waals surface area contributed by atoms with Crippen molar-refractivity contribution in [2.45, 2.75) is 6.54 Å². The minimum absolute atomic E-state index is 0.0231. The van der Waals surface area contributed by atoms with Crippen LogP contribution in [0.4, 0.5) is 4.39 Å². The molecule has 0 spiro atoms. The summed E-state index contributed by atoms with van der Waals surface area (Å²) in [5.74, 6) is -1.04. The van der Waals surface area contributed by atoms with Gasteiger partial charge in [0.05, 0.1) is 10.6 Å². The van der Waals surface area contributed by atoms with E-state index >= 15 is 0 Å². The number of carbonyl (C=O) groups excluding carboxylic acids is 1. The third kappa shape index (κ3) is 3.37. The lowest BCUT2D eigenvalue weighted by Gasteiger charge is -2.03. The summed E-state index contributed by atoms with van der Waals surface area (Å²) in [5.41, 5.74) is 0.904. The molecule has 1 amide bonds. The molecule has 7 heteroatoms. The highest BCUT2D eigenvalue weighted by Crippen LogP contribution is 2.26. The maximum absolute atomic E-state index is 13.5. The zero-order chi connectivity index (χ0) is 16.2. The molecule has 3 rings (SSSR count). The number of amides is 1. The van der Waals surface area contributed by atoms with E-state index < -0.39 is 11.7 Å². The number of nitrogens with zero attached hydrogens (tertiary/aromatic N) is 2. The number of nitrogens with one attached hydrogen (secondary N) is 1. The maximum atomic E-state index is 13.5. The highest BCUT2D eigenvalue weighted by molar-refractivity contribution is 6.33. The molecule has 5 nitrogen and oxygen atoms in total. The van der Waals surface area contributed by atoms with Gasteiger partial charge in [-0.25, -0.2) is 4.39 Å². The molecule has 0 saturated heterocycles. The second-order valence-corrected chi connectivity index (χ2v) is 5.07. The fourth-order valence-corrected chi connectivity index (χ4v) is 2.17. The predicted octanol–water partition coefficient (Wildman–Crippen LogP) is 3.46. The van der Waals surface area contributed by atoms with Crippen LogP contribution in [0.15, 0.2) is 52.9 Å². The fourth-order valence-electron chi connectivity index (χ4n) is 1.95. The van der Waals surface area contributed by atoms with E-state index in [1.165, 1.54) is 6.07 Å². The van der Waals surface area contributed by atoms with E-state index in [1.807, 2.05) is 0 Å². The van der Waals surface area contributed by atoms with Gasteiger partial charge in [-0.05, 0) is 18.2 Å². The average molecular weight is 332 g/mol. The SMILES string of the molecule is O=C(NCc1ccccc1F)c1nnc(-c2ccccc2Cl)o1. The van der Waals surface area contributed by atoms with E-state index in [0.29, 0.717) is 16.1 Å². The Labute approximate surface area is 136 Å². The normalized spacial score (nSPS) is 10.5. The molecule has 116 valence electrons. The first-order chi connectivity index (χ1) is 11.1. The molecular formula is C16H11ClFN3O2. The van der Waals surface area contributed by atoms with Crippen molar-refractivity contribution in [1.82, 2.24) is 15.5 Å². The lowest BCUT2D eigenvalue weighted by molar-refractivity contribution is 0.0916. The van der Waals surface area contributed by atoms with Crippen molar-refractivity contribution in [2.24, 2.45) is 0 Å². The molecule has 0 fully saturated rings. The summed E-state index contributed by atoms with van der Waals surface area (Å²) in [4.78, 5) is 12.0. The van der Waals surface area contributed by atoms with Crippen molar-refractivity contribution in [3.8, 4) is 11.5 Å². The highest BCUT2D eigenvalue weighted by Gasteiger charge is 2.17. The lowest BCUT2D eigenvalue weighted by Crippen LogP contribution is -2.23. The highest BCUT2D eigenvalue weighted by atomic mass is 35.5. The molecule has 0 atom stereocenters. The molecule has 0 aliphatic heterocycles. The summed E-state index contributed by atoms with van der Waals surface area (Å²) >= 11 is 6.04. The Bertz CT molecular complexity index is 851. The largest absolute Gasteiger partial charge is 0.412 e. The number of rotatable bonds is 4. The van der Waals surface area contributed by atoms with Gasteiger partial charge in [0.25, 0.3) is 0 Å². The van der Waals surface area contributed by atoms with Gasteiger partial charge < -0.3 is 9.73 Å². The molecule has 2 aromatic carbocycles. The van der Waals surface area contributed by atoms with Gasteiger partial charge in [-0.3, -0.25) is 4.79 Å². The zero-order valence-electron chi connectivity index (χ0n) is 11.8. The summed E-state index contributed by atoms with van der Waals surface area (Å²) in [6.45, 7) is 0.0231. The Morgan fingerprint density at radius 1 is 1.13 bits per heavy atom. The van der Waals surface area contributed by atoms with Crippen LogP contribution in [0, 0.1) is 5.82 Å². The molecule has 0 aliphatic carbocycles. The minimum atomic E-state index is -0.584. The molecule has 0 saturated carbocycles. The van der Waals surface area contributed by atoms with E-state index in [-0.39, 0.29) is 18.3 Å².